The number of rotatable bonds is 3. The molecule has 0 radical (unpaired) electrons. The van der Waals surface area contributed by atoms with E-state index in [4.69, 9.17) is 14.7 Å². The number of fused-ring (bicyclic) bond motifs is 4. The monoisotopic (exact) mass is 333 g/mol. The minimum absolute atomic E-state index is 0.868. The van der Waals surface area contributed by atoms with Crippen molar-refractivity contribution in [1.29, 1.82) is 0 Å². The quantitative estimate of drug-likeness (QED) is 0.620. The van der Waals surface area contributed by atoms with Crippen molar-refractivity contribution in [1.82, 2.24) is 14.5 Å². The van der Waals surface area contributed by atoms with Crippen LogP contribution in [-0.2, 0) is 11.3 Å². The van der Waals surface area contributed by atoms with Gasteiger partial charge in [0.05, 0.1) is 42.9 Å². The lowest BCUT2D eigenvalue weighted by Gasteiger charge is -2.24. The Morgan fingerprint density at radius 1 is 0.920 bits per heavy atom. The molecule has 0 amide bonds. The van der Waals surface area contributed by atoms with Gasteiger partial charge in [0.25, 0.3) is 0 Å². The zero-order valence-corrected chi connectivity index (χ0v) is 14.1. The van der Waals surface area contributed by atoms with Crippen LogP contribution in [0.25, 0.3) is 33.1 Å². The molecule has 0 bridgehead atoms. The Kier molecular flexibility index (Phi) is 3.61. The van der Waals surface area contributed by atoms with Crippen molar-refractivity contribution < 1.29 is 9.64 Å². The molecule has 1 fully saturated rings. The number of hydrogen-bond acceptors (Lipinski definition) is 3. The molecule has 1 N–H and O–H groups in total. The van der Waals surface area contributed by atoms with Gasteiger partial charge >= 0.3 is 0 Å². The van der Waals surface area contributed by atoms with Crippen molar-refractivity contribution in [2.75, 3.05) is 32.8 Å². The van der Waals surface area contributed by atoms with Gasteiger partial charge in [-0.15, -0.1) is 0 Å². The second kappa shape index (κ2) is 6.10. The number of nitrogens with one attached hydrogen (secondary N) is 1. The van der Waals surface area contributed by atoms with E-state index in [0.29, 0.717) is 0 Å². The van der Waals surface area contributed by atoms with E-state index in [9.17, 15) is 0 Å². The molecule has 0 atom stereocenters. The number of para-hydroxylation sites is 3. The number of aromatic nitrogens is 3. The van der Waals surface area contributed by atoms with E-state index in [2.05, 4.69) is 28.8 Å². The van der Waals surface area contributed by atoms with E-state index in [-0.39, 0.29) is 0 Å². The van der Waals surface area contributed by atoms with Crippen LogP contribution in [-0.4, -0.2) is 47.4 Å². The van der Waals surface area contributed by atoms with Crippen molar-refractivity contribution >= 4 is 33.1 Å². The Morgan fingerprint density at radius 2 is 1.64 bits per heavy atom. The summed E-state index contributed by atoms with van der Waals surface area (Å²) in [4.78, 5) is 11.5. The molecule has 2 aromatic carbocycles. The molecule has 2 aromatic heterocycles. The van der Waals surface area contributed by atoms with Gasteiger partial charge in [0.2, 0.25) is 0 Å². The molecule has 5 heteroatoms. The largest absolute Gasteiger partial charge is 0.370 e. The molecule has 126 valence electrons. The van der Waals surface area contributed by atoms with Crippen molar-refractivity contribution in [3.63, 3.8) is 0 Å². The van der Waals surface area contributed by atoms with Gasteiger partial charge in [-0.2, -0.15) is 0 Å². The van der Waals surface area contributed by atoms with Gasteiger partial charge in [-0.05, 0) is 18.2 Å². The molecule has 1 aliphatic heterocycles. The first kappa shape index (κ1) is 14.8. The molecule has 25 heavy (non-hydrogen) atoms. The van der Waals surface area contributed by atoms with Crippen LogP contribution in [0.15, 0.2) is 48.5 Å². The standard InChI is InChI=1S/C20H20N4O/c1-4-8-18-15(5-1)19-20(22-17-7-3-2-6-16(17)21-19)24(18)10-9-23-11-13-25-14-12-23/h1-8H,9-14H2/p+1. The summed E-state index contributed by atoms with van der Waals surface area (Å²) < 4.78 is 7.82. The van der Waals surface area contributed by atoms with Gasteiger partial charge in [0.15, 0.2) is 5.65 Å². The normalized spacial score (nSPS) is 16.2. The van der Waals surface area contributed by atoms with Crippen molar-refractivity contribution in [3.05, 3.63) is 48.5 Å². The summed E-state index contributed by atoms with van der Waals surface area (Å²) in [5.74, 6) is 0. The Labute approximate surface area is 145 Å². The summed E-state index contributed by atoms with van der Waals surface area (Å²) in [7, 11) is 0. The van der Waals surface area contributed by atoms with Crippen molar-refractivity contribution in [2.24, 2.45) is 0 Å². The van der Waals surface area contributed by atoms with Gasteiger partial charge in [0.1, 0.15) is 18.6 Å². The van der Waals surface area contributed by atoms with E-state index < -0.39 is 0 Å². The van der Waals surface area contributed by atoms with Gasteiger partial charge in [-0.3, -0.25) is 0 Å². The van der Waals surface area contributed by atoms with E-state index >= 15 is 0 Å². The predicted octanol–water partition coefficient (Wildman–Crippen LogP) is 1.65. The Bertz CT molecular complexity index is 1050. The molecule has 0 aliphatic carbocycles. The van der Waals surface area contributed by atoms with Gasteiger partial charge in [-0.25, -0.2) is 9.97 Å². The first-order chi connectivity index (χ1) is 12.4. The highest BCUT2D eigenvalue weighted by molar-refractivity contribution is 6.06. The Balaban J connectivity index is 1.64. The average Bonchev–Trinajstić information content (AvgIpc) is 2.98. The van der Waals surface area contributed by atoms with Crippen LogP contribution in [0.5, 0.6) is 0 Å². The topological polar surface area (TPSA) is 44.4 Å². The second-order valence-electron chi connectivity index (χ2n) is 6.67. The van der Waals surface area contributed by atoms with E-state index in [1.165, 1.54) is 10.9 Å². The summed E-state index contributed by atoms with van der Waals surface area (Å²) in [5.41, 5.74) is 5.13. The fourth-order valence-electron chi connectivity index (χ4n) is 3.79. The summed E-state index contributed by atoms with van der Waals surface area (Å²) in [5, 5.41) is 1.19. The van der Waals surface area contributed by atoms with Crippen LogP contribution in [0.2, 0.25) is 0 Å². The van der Waals surface area contributed by atoms with Crippen LogP contribution in [0.3, 0.4) is 0 Å². The van der Waals surface area contributed by atoms with Crippen LogP contribution in [0, 0.1) is 0 Å². The molecular formula is C20H21N4O+. The van der Waals surface area contributed by atoms with Crippen LogP contribution >= 0.6 is 0 Å². The first-order valence-electron chi connectivity index (χ1n) is 8.95. The Morgan fingerprint density at radius 3 is 2.48 bits per heavy atom. The van der Waals surface area contributed by atoms with Crippen LogP contribution in [0.1, 0.15) is 0 Å². The van der Waals surface area contributed by atoms with Gasteiger partial charge in [-0.1, -0.05) is 30.3 Å². The summed E-state index contributed by atoms with van der Waals surface area (Å²) in [6.07, 6.45) is 0. The summed E-state index contributed by atoms with van der Waals surface area (Å²) in [6.45, 7) is 5.95. The molecule has 5 rings (SSSR count). The smallest absolute Gasteiger partial charge is 0.160 e. The lowest BCUT2D eigenvalue weighted by Crippen LogP contribution is -3.14. The predicted molar refractivity (Wildman–Crippen MR) is 98.9 cm³/mol. The minimum atomic E-state index is 0.868. The molecule has 1 aliphatic rings. The maximum absolute atomic E-state index is 5.48. The fourth-order valence-corrected chi connectivity index (χ4v) is 3.79. The Hall–Kier alpha value is -2.50. The van der Waals surface area contributed by atoms with E-state index in [0.717, 1.165) is 61.6 Å². The third-order valence-corrected chi connectivity index (χ3v) is 5.15. The zero-order valence-electron chi connectivity index (χ0n) is 14.1. The molecule has 5 nitrogen and oxygen atoms in total. The van der Waals surface area contributed by atoms with Gasteiger partial charge < -0.3 is 14.2 Å². The van der Waals surface area contributed by atoms with Crippen LogP contribution in [0.4, 0.5) is 0 Å². The molecule has 0 spiro atoms. The SMILES string of the molecule is c1ccc2nc3c(nc2c1)c1ccccc1n3CC[NH+]1CCOCC1. The summed E-state index contributed by atoms with van der Waals surface area (Å²) >= 11 is 0. The first-order valence-corrected chi connectivity index (χ1v) is 8.95. The number of ether oxygens (including phenoxy) is 1. The van der Waals surface area contributed by atoms with Crippen molar-refractivity contribution in [3.8, 4) is 0 Å². The lowest BCUT2D eigenvalue weighted by atomic mass is 10.2. The fraction of sp³-hybridized carbons (Fsp3) is 0.300. The molecule has 0 saturated carbocycles. The second-order valence-corrected chi connectivity index (χ2v) is 6.67. The molecule has 4 aromatic rings. The number of nitrogens with zero attached hydrogens (tertiary/aromatic N) is 3. The number of quaternary nitrogens is 1. The molecule has 1 saturated heterocycles. The highest BCUT2D eigenvalue weighted by Crippen LogP contribution is 2.27. The minimum Gasteiger partial charge on any atom is -0.370 e. The molecule has 3 heterocycles. The number of hydrogen-bond donors (Lipinski definition) is 1. The highest BCUT2D eigenvalue weighted by atomic mass is 16.5. The van der Waals surface area contributed by atoms with Crippen LogP contribution < -0.4 is 4.90 Å². The third-order valence-electron chi connectivity index (χ3n) is 5.15. The maximum Gasteiger partial charge on any atom is 0.160 e. The number of benzene rings is 2. The molecular weight excluding hydrogens is 312 g/mol. The van der Waals surface area contributed by atoms with E-state index in [1.54, 1.807) is 4.90 Å². The maximum atomic E-state index is 5.48. The van der Waals surface area contributed by atoms with E-state index in [1.807, 2.05) is 24.3 Å². The van der Waals surface area contributed by atoms with Gasteiger partial charge in [0, 0.05) is 5.39 Å². The summed E-state index contributed by atoms with van der Waals surface area (Å²) in [6, 6.07) is 16.6. The third kappa shape index (κ3) is 2.56. The van der Waals surface area contributed by atoms with Crippen molar-refractivity contribution in [2.45, 2.75) is 6.54 Å². The zero-order chi connectivity index (χ0) is 16.6. The lowest BCUT2D eigenvalue weighted by molar-refractivity contribution is -0.908. The number of morpholine rings is 1. The highest BCUT2D eigenvalue weighted by Gasteiger charge is 2.17. The molecule has 0 unspecified atom stereocenters. The average molecular weight is 333 g/mol.